The Labute approximate surface area is 119 Å². The number of rotatable bonds is 2. The predicted molar refractivity (Wildman–Crippen MR) is 72.8 cm³/mol. The number of hydrogen-bond donors (Lipinski definition) is 1. The van der Waals surface area contributed by atoms with Gasteiger partial charge in [-0.25, -0.2) is 9.78 Å². The summed E-state index contributed by atoms with van der Waals surface area (Å²) in [5, 5.41) is 9.32. The van der Waals surface area contributed by atoms with Crippen LogP contribution in [-0.2, 0) is 4.79 Å². The Bertz CT molecular complexity index is 506. The molecule has 1 aromatic rings. The topological polar surface area (TPSA) is 70.5 Å². The normalized spacial score (nSPS) is 23.2. The van der Waals surface area contributed by atoms with Crippen LogP contribution >= 0.6 is 15.9 Å². The fraction of sp³-hybridized carbons (Fsp3) is 0.462. The zero-order valence-electron chi connectivity index (χ0n) is 10.5. The van der Waals surface area contributed by atoms with Crippen LogP contribution in [0.4, 0.5) is 0 Å². The van der Waals surface area contributed by atoms with Gasteiger partial charge in [-0.3, -0.25) is 4.79 Å². The minimum Gasteiger partial charge on any atom is -0.480 e. The first-order valence-electron chi connectivity index (χ1n) is 6.16. The number of carboxylic acids is 1. The van der Waals surface area contributed by atoms with Crippen molar-refractivity contribution in [2.75, 3.05) is 6.54 Å². The van der Waals surface area contributed by atoms with Gasteiger partial charge in [0.2, 0.25) is 0 Å². The van der Waals surface area contributed by atoms with Crippen molar-refractivity contribution in [1.82, 2.24) is 9.88 Å². The maximum absolute atomic E-state index is 12.5. The summed E-state index contributed by atoms with van der Waals surface area (Å²) in [5.74, 6) is -1.32. The molecule has 5 nitrogen and oxygen atoms in total. The van der Waals surface area contributed by atoms with Gasteiger partial charge in [0.15, 0.2) is 0 Å². The van der Waals surface area contributed by atoms with Crippen LogP contribution in [0, 0.1) is 5.92 Å². The number of nitrogens with zero attached hydrogens (tertiary/aromatic N) is 2. The number of hydrogen-bond acceptors (Lipinski definition) is 3. The Hall–Kier alpha value is -1.43. The number of likely N-dealkylation sites (tertiary alicyclic amines) is 1. The van der Waals surface area contributed by atoms with Crippen molar-refractivity contribution >= 4 is 27.8 Å². The van der Waals surface area contributed by atoms with Gasteiger partial charge in [-0.1, -0.05) is 6.92 Å². The van der Waals surface area contributed by atoms with Crippen LogP contribution in [0.3, 0.4) is 0 Å². The van der Waals surface area contributed by atoms with Crippen molar-refractivity contribution in [2.45, 2.75) is 25.8 Å². The zero-order valence-corrected chi connectivity index (χ0v) is 12.1. The molecule has 0 aliphatic carbocycles. The summed E-state index contributed by atoms with van der Waals surface area (Å²) in [7, 11) is 0. The van der Waals surface area contributed by atoms with Crippen LogP contribution < -0.4 is 0 Å². The molecule has 1 fully saturated rings. The summed E-state index contributed by atoms with van der Waals surface area (Å²) >= 11 is 3.28. The molecule has 1 saturated heterocycles. The lowest BCUT2D eigenvalue weighted by Gasteiger charge is -2.37. The zero-order chi connectivity index (χ0) is 14.0. The number of aliphatic carboxylic acids is 1. The molecular weight excluding hydrogens is 312 g/mol. The number of pyridine rings is 1. The van der Waals surface area contributed by atoms with E-state index in [1.165, 1.54) is 11.1 Å². The number of carbonyl (C=O) groups is 2. The van der Waals surface area contributed by atoms with Gasteiger partial charge in [0.05, 0.1) is 0 Å². The highest BCUT2D eigenvalue weighted by Crippen LogP contribution is 2.26. The SMILES string of the molecule is CC1CCCN(C(=O)c2ncccc2Br)C1C(=O)O. The highest BCUT2D eigenvalue weighted by molar-refractivity contribution is 9.10. The number of carboxylic acid groups (broad SMARTS) is 1. The quantitative estimate of drug-likeness (QED) is 0.904. The van der Waals surface area contributed by atoms with Gasteiger partial charge >= 0.3 is 5.97 Å². The van der Waals surface area contributed by atoms with Crippen LogP contribution in [0.2, 0.25) is 0 Å². The minimum atomic E-state index is -0.951. The van der Waals surface area contributed by atoms with Gasteiger partial charge < -0.3 is 10.0 Å². The highest BCUT2D eigenvalue weighted by atomic mass is 79.9. The molecule has 1 aromatic heterocycles. The van der Waals surface area contributed by atoms with Crippen LogP contribution in [-0.4, -0.2) is 39.5 Å². The molecule has 19 heavy (non-hydrogen) atoms. The smallest absolute Gasteiger partial charge is 0.326 e. The third-order valence-electron chi connectivity index (χ3n) is 3.41. The van der Waals surface area contributed by atoms with Gasteiger partial charge in [0.25, 0.3) is 5.91 Å². The second kappa shape index (κ2) is 5.69. The fourth-order valence-corrected chi connectivity index (χ4v) is 2.90. The average Bonchev–Trinajstić information content (AvgIpc) is 2.37. The third kappa shape index (κ3) is 2.78. The summed E-state index contributed by atoms with van der Waals surface area (Å²) in [6.07, 6.45) is 3.17. The van der Waals surface area contributed by atoms with Gasteiger partial charge in [-0.05, 0) is 46.8 Å². The molecule has 1 N–H and O–H groups in total. The third-order valence-corrected chi connectivity index (χ3v) is 4.05. The maximum Gasteiger partial charge on any atom is 0.326 e. The van der Waals surface area contributed by atoms with E-state index in [-0.39, 0.29) is 17.5 Å². The second-order valence-corrected chi connectivity index (χ2v) is 5.59. The Morgan fingerprint density at radius 2 is 2.26 bits per heavy atom. The first-order valence-corrected chi connectivity index (χ1v) is 6.96. The molecule has 2 heterocycles. The molecule has 0 aromatic carbocycles. The van der Waals surface area contributed by atoms with Crippen LogP contribution in [0.1, 0.15) is 30.3 Å². The number of halogens is 1. The van der Waals surface area contributed by atoms with E-state index in [1.807, 2.05) is 6.92 Å². The Morgan fingerprint density at radius 3 is 2.89 bits per heavy atom. The minimum absolute atomic E-state index is 0.0438. The largest absolute Gasteiger partial charge is 0.480 e. The summed E-state index contributed by atoms with van der Waals surface area (Å²) < 4.78 is 0.586. The molecule has 2 atom stereocenters. The van der Waals surface area contributed by atoms with Crippen molar-refractivity contribution in [3.63, 3.8) is 0 Å². The number of aromatic nitrogens is 1. The van der Waals surface area contributed by atoms with Gasteiger partial charge in [-0.15, -0.1) is 0 Å². The molecule has 0 saturated carbocycles. The van der Waals surface area contributed by atoms with Crippen molar-refractivity contribution in [2.24, 2.45) is 5.92 Å². The number of amides is 1. The molecule has 0 spiro atoms. The number of piperidine rings is 1. The van der Waals surface area contributed by atoms with Crippen LogP contribution in [0.5, 0.6) is 0 Å². The lowest BCUT2D eigenvalue weighted by atomic mass is 9.90. The highest BCUT2D eigenvalue weighted by Gasteiger charge is 2.38. The van der Waals surface area contributed by atoms with E-state index in [2.05, 4.69) is 20.9 Å². The molecule has 1 aliphatic heterocycles. The maximum atomic E-state index is 12.5. The standard InChI is InChI=1S/C13H15BrN2O3/c1-8-4-3-7-16(11(8)13(18)19)12(17)10-9(14)5-2-6-15-10/h2,5-6,8,11H,3-4,7H2,1H3,(H,18,19). The van der Waals surface area contributed by atoms with Crippen molar-refractivity contribution in [1.29, 1.82) is 0 Å². The van der Waals surface area contributed by atoms with E-state index in [0.717, 1.165) is 12.8 Å². The van der Waals surface area contributed by atoms with E-state index < -0.39 is 12.0 Å². The van der Waals surface area contributed by atoms with Gasteiger partial charge in [-0.2, -0.15) is 0 Å². The van der Waals surface area contributed by atoms with E-state index >= 15 is 0 Å². The van der Waals surface area contributed by atoms with E-state index in [0.29, 0.717) is 11.0 Å². The molecule has 102 valence electrons. The molecule has 0 radical (unpaired) electrons. The van der Waals surface area contributed by atoms with Crippen LogP contribution in [0.15, 0.2) is 22.8 Å². The van der Waals surface area contributed by atoms with E-state index in [4.69, 9.17) is 0 Å². The average molecular weight is 327 g/mol. The first-order chi connectivity index (χ1) is 9.02. The van der Waals surface area contributed by atoms with E-state index in [1.54, 1.807) is 12.1 Å². The molecule has 2 rings (SSSR count). The predicted octanol–water partition coefficient (Wildman–Crippen LogP) is 2.17. The fourth-order valence-electron chi connectivity index (χ4n) is 2.47. The molecule has 0 bridgehead atoms. The first kappa shape index (κ1) is 14.0. The Morgan fingerprint density at radius 1 is 1.53 bits per heavy atom. The van der Waals surface area contributed by atoms with E-state index in [9.17, 15) is 14.7 Å². The molecular formula is C13H15BrN2O3. The summed E-state index contributed by atoms with van der Waals surface area (Å²) in [6, 6.07) is 2.67. The monoisotopic (exact) mass is 326 g/mol. The summed E-state index contributed by atoms with van der Waals surface area (Å²) in [6.45, 7) is 2.33. The van der Waals surface area contributed by atoms with Crippen molar-refractivity contribution < 1.29 is 14.7 Å². The van der Waals surface area contributed by atoms with Gasteiger partial charge in [0, 0.05) is 17.2 Å². The second-order valence-electron chi connectivity index (χ2n) is 4.73. The Balaban J connectivity index is 2.31. The van der Waals surface area contributed by atoms with Crippen molar-refractivity contribution in [3.05, 3.63) is 28.5 Å². The van der Waals surface area contributed by atoms with Crippen molar-refractivity contribution in [3.8, 4) is 0 Å². The molecule has 6 heteroatoms. The van der Waals surface area contributed by atoms with Crippen LogP contribution in [0.25, 0.3) is 0 Å². The number of carbonyl (C=O) groups excluding carboxylic acids is 1. The lowest BCUT2D eigenvalue weighted by molar-refractivity contribution is -0.145. The molecule has 1 aliphatic rings. The molecule has 1 amide bonds. The summed E-state index contributed by atoms with van der Waals surface area (Å²) in [5.41, 5.74) is 0.267. The van der Waals surface area contributed by atoms with Gasteiger partial charge in [0.1, 0.15) is 11.7 Å². The lowest BCUT2D eigenvalue weighted by Crippen LogP contribution is -2.52. The Kier molecular flexibility index (Phi) is 4.19. The summed E-state index contributed by atoms with van der Waals surface area (Å²) in [4.78, 5) is 29.3. The molecule has 2 unspecified atom stereocenters.